The molecule has 1 aliphatic rings. The van der Waals surface area contributed by atoms with Crippen LogP contribution in [0, 0.1) is 5.82 Å². The molecule has 170 valence electrons. The van der Waals surface area contributed by atoms with Gasteiger partial charge in [-0.3, -0.25) is 0 Å². The predicted octanol–water partition coefficient (Wildman–Crippen LogP) is 3.46. The summed E-state index contributed by atoms with van der Waals surface area (Å²) in [6.07, 6.45) is -3.48. The molecule has 0 amide bonds. The third-order valence-corrected chi connectivity index (χ3v) is 7.04. The number of hydrogen-bond donors (Lipinski definition) is 1. The molecule has 2 N–H and O–H groups in total. The van der Waals surface area contributed by atoms with Gasteiger partial charge >= 0.3 is 0 Å². The molecule has 1 atom stereocenters. The Morgan fingerprint density at radius 3 is 2.62 bits per heavy atom. The number of halogens is 4. The number of anilines is 1. The summed E-state index contributed by atoms with van der Waals surface area (Å²) in [6.45, 7) is 0.458. The molecular formula is C20H18ClF3N4O3S. The first-order valence-corrected chi connectivity index (χ1v) is 11.6. The molecule has 2 heterocycles. The van der Waals surface area contributed by atoms with Crippen molar-refractivity contribution in [1.29, 1.82) is 0 Å². The van der Waals surface area contributed by atoms with Gasteiger partial charge in [0.2, 0.25) is 12.3 Å². The van der Waals surface area contributed by atoms with Crippen LogP contribution in [0.25, 0.3) is 11.5 Å². The Bertz CT molecular complexity index is 1240. The van der Waals surface area contributed by atoms with Crippen LogP contribution in [0.1, 0.15) is 11.5 Å². The average Bonchev–Trinajstić information content (AvgIpc) is 3.12. The zero-order valence-corrected chi connectivity index (χ0v) is 18.1. The summed E-state index contributed by atoms with van der Waals surface area (Å²) in [5, 5.41) is 7.70. The van der Waals surface area contributed by atoms with Crippen LogP contribution in [-0.4, -0.2) is 43.4 Å². The third kappa shape index (κ3) is 4.74. The van der Waals surface area contributed by atoms with Crippen LogP contribution in [0.3, 0.4) is 0 Å². The molecule has 0 fully saturated rings. The van der Waals surface area contributed by atoms with E-state index in [-0.39, 0.29) is 46.8 Å². The standard InChI is InChI=1S/C20H18ClF3N4O3S/c21-12-3-1-11(2-4-12)8-28-9-13(25)10-32(29,30)17-6-15(22)14(5-16(17)28)20-27-26-19(31-20)7-18(23)24/h1-6,13,18H,7-10,25H2/t13-/m1/s1. The van der Waals surface area contributed by atoms with Crippen LogP contribution in [-0.2, 0) is 22.8 Å². The van der Waals surface area contributed by atoms with Crippen LogP contribution in [0.4, 0.5) is 18.9 Å². The largest absolute Gasteiger partial charge is 0.420 e. The van der Waals surface area contributed by atoms with Crippen molar-refractivity contribution in [1.82, 2.24) is 10.2 Å². The maximum atomic E-state index is 14.9. The summed E-state index contributed by atoms with van der Waals surface area (Å²) < 4.78 is 71.0. The third-order valence-electron chi connectivity index (χ3n) is 4.93. The van der Waals surface area contributed by atoms with Gasteiger partial charge in [-0.2, -0.15) is 0 Å². The van der Waals surface area contributed by atoms with Crippen molar-refractivity contribution < 1.29 is 26.0 Å². The number of hydrogen-bond acceptors (Lipinski definition) is 7. The number of rotatable bonds is 5. The lowest BCUT2D eigenvalue weighted by Gasteiger charge is -2.26. The van der Waals surface area contributed by atoms with E-state index in [4.69, 9.17) is 21.8 Å². The fraction of sp³-hybridized carbons (Fsp3) is 0.300. The van der Waals surface area contributed by atoms with Gasteiger partial charge in [0.05, 0.1) is 28.3 Å². The first-order valence-electron chi connectivity index (χ1n) is 9.54. The number of sulfone groups is 1. The van der Waals surface area contributed by atoms with E-state index < -0.39 is 34.5 Å². The van der Waals surface area contributed by atoms with E-state index in [1.807, 2.05) is 0 Å². The maximum Gasteiger partial charge on any atom is 0.250 e. The van der Waals surface area contributed by atoms with Crippen molar-refractivity contribution in [2.24, 2.45) is 5.73 Å². The zero-order chi connectivity index (χ0) is 23.0. The number of alkyl halides is 2. The van der Waals surface area contributed by atoms with Gasteiger partial charge < -0.3 is 15.1 Å². The number of nitrogens with two attached hydrogens (primary N) is 1. The lowest BCUT2D eigenvalue weighted by Crippen LogP contribution is -2.39. The first kappa shape index (κ1) is 22.6. The van der Waals surface area contributed by atoms with E-state index >= 15 is 0 Å². The first-order chi connectivity index (χ1) is 15.1. The topological polar surface area (TPSA) is 102 Å². The fourth-order valence-corrected chi connectivity index (χ4v) is 5.31. The summed E-state index contributed by atoms with van der Waals surface area (Å²) in [5.74, 6) is -1.95. The second kappa shape index (κ2) is 8.72. The van der Waals surface area contributed by atoms with Crippen LogP contribution in [0.5, 0.6) is 0 Å². The number of benzene rings is 2. The normalized spacial score (nSPS) is 17.9. The van der Waals surface area contributed by atoms with Crippen LogP contribution in [0.15, 0.2) is 45.7 Å². The van der Waals surface area contributed by atoms with Crippen LogP contribution < -0.4 is 10.6 Å². The van der Waals surface area contributed by atoms with Crippen molar-refractivity contribution in [2.75, 3.05) is 17.2 Å². The molecule has 0 saturated heterocycles. The SMILES string of the molecule is N[C@@H]1CN(Cc2ccc(Cl)cc2)c2cc(-c3nnc(CC(F)F)o3)c(F)cc2S(=O)(=O)C1. The molecule has 1 aromatic heterocycles. The highest BCUT2D eigenvalue weighted by molar-refractivity contribution is 7.91. The predicted molar refractivity (Wildman–Crippen MR) is 112 cm³/mol. The Morgan fingerprint density at radius 1 is 1.22 bits per heavy atom. The van der Waals surface area contributed by atoms with Crippen molar-refractivity contribution in [2.45, 2.75) is 30.3 Å². The second-order valence-corrected chi connectivity index (χ2v) is 9.88. The highest BCUT2D eigenvalue weighted by atomic mass is 35.5. The molecule has 0 unspecified atom stereocenters. The van der Waals surface area contributed by atoms with E-state index in [2.05, 4.69) is 10.2 Å². The van der Waals surface area contributed by atoms with E-state index in [1.165, 1.54) is 6.07 Å². The molecule has 12 heteroatoms. The molecule has 0 spiro atoms. The minimum absolute atomic E-state index is 0.181. The minimum atomic E-state index is -3.89. The number of aromatic nitrogens is 2. The number of nitrogens with zero attached hydrogens (tertiary/aromatic N) is 3. The summed E-state index contributed by atoms with van der Waals surface area (Å²) in [4.78, 5) is 1.50. The lowest BCUT2D eigenvalue weighted by molar-refractivity contribution is 0.140. The molecule has 0 aliphatic carbocycles. The Balaban J connectivity index is 1.80. The van der Waals surface area contributed by atoms with Gasteiger partial charge in [0.25, 0.3) is 5.89 Å². The van der Waals surface area contributed by atoms with Crippen LogP contribution >= 0.6 is 11.6 Å². The highest BCUT2D eigenvalue weighted by Gasteiger charge is 2.32. The number of fused-ring (bicyclic) bond motifs is 1. The fourth-order valence-electron chi connectivity index (χ4n) is 3.55. The molecule has 3 aromatic rings. The van der Waals surface area contributed by atoms with Crippen molar-refractivity contribution in [3.8, 4) is 11.5 Å². The molecule has 4 rings (SSSR count). The quantitative estimate of drug-likeness (QED) is 0.589. The molecule has 32 heavy (non-hydrogen) atoms. The van der Waals surface area contributed by atoms with Gasteiger partial charge in [-0.15, -0.1) is 10.2 Å². The zero-order valence-electron chi connectivity index (χ0n) is 16.5. The van der Waals surface area contributed by atoms with Crippen molar-refractivity contribution in [3.05, 3.63) is 58.7 Å². The molecule has 0 bridgehead atoms. The summed E-state index contributed by atoms with van der Waals surface area (Å²) in [5.41, 5.74) is 6.89. The Kier molecular flexibility index (Phi) is 6.15. The van der Waals surface area contributed by atoms with E-state index in [0.29, 0.717) is 5.02 Å². The molecule has 7 nitrogen and oxygen atoms in total. The van der Waals surface area contributed by atoms with Gasteiger partial charge in [0, 0.05) is 24.2 Å². The lowest BCUT2D eigenvalue weighted by atomic mass is 10.1. The summed E-state index contributed by atoms with van der Waals surface area (Å²) in [7, 11) is -3.89. The summed E-state index contributed by atoms with van der Waals surface area (Å²) >= 11 is 5.94. The molecule has 0 radical (unpaired) electrons. The Morgan fingerprint density at radius 2 is 1.94 bits per heavy atom. The second-order valence-electron chi connectivity index (χ2n) is 7.44. The van der Waals surface area contributed by atoms with Gasteiger partial charge in [-0.25, -0.2) is 21.6 Å². The van der Waals surface area contributed by atoms with E-state index in [1.54, 1.807) is 29.2 Å². The van der Waals surface area contributed by atoms with Crippen molar-refractivity contribution >= 4 is 27.1 Å². The summed E-state index contributed by atoms with van der Waals surface area (Å²) in [6, 6.07) is 8.40. The van der Waals surface area contributed by atoms with Crippen molar-refractivity contribution in [3.63, 3.8) is 0 Å². The maximum absolute atomic E-state index is 14.9. The van der Waals surface area contributed by atoms with Crippen LogP contribution in [0.2, 0.25) is 5.02 Å². The van der Waals surface area contributed by atoms with Gasteiger partial charge in [-0.1, -0.05) is 23.7 Å². The Hall–Kier alpha value is -2.63. The average molecular weight is 487 g/mol. The highest BCUT2D eigenvalue weighted by Crippen LogP contribution is 2.36. The van der Waals surface area contributed by atoms with E-state index in [0.717, 1.165) is 11.6 Å². The molecule has 1 aliphatic heterocycles. The molecular weight excluding hydrogens is 469 g/mol. The van der Waals surface area contributed by atoms with Gasteiger partial charge in [0.1, 0.15) is 5.82 Å². The van der Waals surface area contributed by atoms with Gasteiger partial charge in [-0.05, 0) is 29.8 Å². The van der Waals surface area contributed by atoms with Gasteiger partial charge in [0.15, 0.2) is 9.84 Å². The molecule has 2 aromatic carbocycles. The van der Waals surface area contributed by atoms with E-state index in [9.17, 15) is 21.6 Å². The minimum Gasteiger partial charge on any atom is -0.420 e. The molecule has 0 saturated carbocycles. The Labute approximate surface area is 186 Å². The smallest absolute Gasteiger partial charge is 0.250 e. The monoisotopic (exact) mass is 486 g/mol.